The molecule has 1 aromatic carbocycles. The van der Waals surface area contributed by atoms with Gasteiger partial charge in [0.15, 0.2) is 11.7 Å². The molecule has 412 valence electrons. The Morgan fingerprint density at radius 3 is 2.33 bits per heavy atom. The standard InChI is InChI=1S/C51H85N9O11S2/c1-4-35(2)49-44(64)19-15-38(10-5-6-22-55-46(66)20-25-71-27-26-70-24-8-11-40(62)33-72-3)45(65)31-58-41(21-28-73-34-48(68)59-32-47(67)60-49)43(63)18-14-37(9-7-23-56-51(53)54)30-57-42(50(52)69)29-36-12-16-39(61)17-13-36/h12-13,16-17,35,37-38,41-42,49,57-58,61H,4-11,14-15,18-34H2,1-3H3,(H2,52,69)(H,55,66)(H,59,68)(H,60,67)(H4,53,54,56)/t35-,37+,38+,41-,42-,49-/m0/s1. The van der Waals surface area contributed by atoms with Gasteiger partial charge in [-0.1, -0.05) is 38.8 Å². The molecule has 20 nitrogen and oxygen atoms in total. The van der Waals surface area contributed by atoms with Crippen LogP contribution in [0.25, 0.3) is 0 Å². The van der Waals surface area contributed by atoms with Gasteiger partial charge in [-0.3, -0.25) is 43.3 Å². The zero-order valence-corrected chi connectivity index (χ0v) is 45.0. The van der Waals surface area contributed by atoms with Crippen LogP contribution >= 0.6 is 23.5 Å². The van der Waals surface area contributed by atoms with Crippen molar-refractivity contribution in [1.29, 1.82) is 0 Å². The van der Waals surface area contributed by atoms with Gasteiger partial charge < -0.3 is 58.4 Å². The number of aliphatic imine (C=N–C) groups is 1. The molecule has 1 aromatic rings. The number of ether oxygens (including phenoxy) is 2. The molecule has 0 aromatic heterocycles. The van der Waals surface area contributed by atoms with E-state index in [0.717, 1.165) is 5.56 Å². The van der Waals surface area contributed by atoms with E-state index in [1.54, 1.807) is 12.1 Å². The van der Waals surface area contributed by atoms with Crippen molar-refractivity contribution in [2.75, 3.05) is 82.7 Å². The molecular weight excluding hydrogens is 979 g/mol. The molecule has 0 spiro atoms. The van der Waals surface area contributed by atoms with Crippen molar-refractivity contribution in [2.45, 2.75) is 128 Å². The van der Waals surface area contributed by atoms with E-state index in [1.165, 1.54) is 35.7 Å². The number of amides is 4. The van der Waals surface area contributed by atoms with E-state index < -0.39 is 35.9 Å². The number of phenols is 1. The quantitative estimate of drug-likeness (QED) is 0.0276. The van der Waals surface area contributed by atoms with Gasteiger partial charge in [0.25, 0.3) is 0 Å². The van der Waals surface area contributed by atoms with E-state index in [9.17, 15) is 43.5 Å². The highest BCUT2D eigenvalue weighted by atomic mass is 32.2. The lowest BCUT2D eigenvalue weighted by Crippen LogP contribution is -2.49. The highest BCUT2D eigenvalue weighted by Crippen LogP contribution is 2.21. The van der Waals surface area contributed by atoms with Crippen LogP contribution in [0.15, 0.2) is 29.3 Å². The van der Waals surface area contributed by atoms with Crippen molar-refractivity contribution >= 4 is 76.2 Å². The number of primary amides is 1. The summed E-state index contributed by atoms with van der Waals surface area (Å²) >= 11 is 2.80. The van der Waals surface area contributed by atoms with Crippen molar-refractivity contribution in [3.63, 3.8) is 0 Å². The normalized spacial score (nSPS) is 18.8. The Hall–Kier alpha value is -4.61. The molecule has 73 heavy (non-hydrogen) atoms. The van der Waals surface area contributed by atoms with Crippen LogP contribution < -0.4 is 43.8 Å². The van der Waals surface area contributed by atoms with Crippen LogP contribution in [-0.2, 0) is 54.3 Å². The third-order valence-electron chi connectivity index (χ3n) is 12.6. The Bertz CT molecular complexity index is 1870. The van der Waals surface area contributed by atoms with E-state index in [2.05, 4.69) is 31.6 Å². The summed E-state index contributed by atoms with van der Waals surface area (Å²) < 4.78 is 11.0. The molecule has 0 unspecified atom stereocenters. The molecule has 22 heteroatoms. The summed E-state index contributed by atoms with van der Waals surface area (Å²) in [6, 6.07) is 4.25. The summed E-state index contributed by atoms with van der Waals surface area (Å²) in [6.45, 7) is 5.88. The summed E-state index contributed by atoms with van der Waals surface area (Å²) in [4.78, 5) is 108. The van der Waals surface area contributed by atoms with E-state index >= 15 is 0 Å². The van der Waals surface area contributed by atoms with Crippen LogP contribution in [0.5, 0.6) is 5.75 Å². The minimum absolute atomic E-state index is 0.0286. The lowest BCUT2D eigenvalue weighted by molar-refractivity contribution is -0.130. The average Bonchev–Trinajstić information content (AvgIpc) is 3.35. The summed E-state index contributed by atoms with van der Waals surface area (Å²) in [5, 5.41) is 24.5. The third-order valence-corrected chi connectivity index (χ3v) is 14.2. The molecule has 0 saturated carbocycles. The number of Topliss-reactive ketones (excluding diaryl/α,β-unsaturated/α-hetero) is 4. The first-order valence-corrected chi connectivity index (χ1v) is 28.3. The zero-order valence-electron chi connectivity index (χ0n) is 43.4. The molecule has 4 amide bonds. The van der Waals surface area contributed by atoms with Gasteiger partial charge >= 0.3 is 0 Å². The van der Waals surface area contributed by atoms with Gasteiger partial charge in [0.2, 0.25) is 23.6 Å². The molecule has 0 radical (unpaired) electrons. The summed E-state index contributed by atoms with van der Waals surface area (Å²) in [5.41, 5.74) is 17.7. The van der Waals surface area contributed by atoms with Gasteiger partial charge in [0.1, 0.15) is 23.1 Å². The summed E-state index contributed by atoms with van der Waals surface area (Å²) in [7, 11) is 0. The second kappa shape index (κ2) is 38.9. The van der Waals surface area contributed by atoms with Crippen molar-refractivity contribution in [3.05, 3.63) is 29.8 Å². The minimum atomic E-state index is -0.802. The summed E-state index contributed by atoms with van der Waals surface area (Å²) in [6.07, 6.45) is 8.11. The Balaban J connectivity index is 2.13. The summed E-state index contributed by atoms with van der Waals surface area (Å²) in [5.74, 6) is -1.69. The SMILES string of the molecule is CC[C@H](C)[C@@H]1NC(=O)CNC(=O)CSCC[C@@H](C(=O)CC[C@@H](CCCN=C(N)N)CN[C@@H](Cc2ccc(O)cc2)C(N)=O)NCC(=O)[C@H](CCCCNC(=O)CCOCCOCCCC(=O)CSC)CCC1=O. The number of rotatable bonds is 33. The predicted molar refractivity (Wildman–Crippen MR) is 287 cm³/mol. The van der Waals surface area contributed by atoms with E-state index in [1.807, 2.05) is 20.1 Å². The number of guanidine groups is 1. The molecule has 1 aliphatic heterocycles. The Kier molecular flexibility index (Phi) is 34.4. The van der Waals surface area contributed by atoms with Gasteiger partial charge in [0, 0.05) is 51.3 Å². The number of benzene rings is 1. The molecular formula is C51H85N9O11S2. The Morgan fingerprint density at radius 1 is 0.890 bits per heavy atom. The first kappa shape index (κ1) is 64.5. The fourth-order valence-electron chi connectivity index (χ4n) is 8.11. The molecule has 0 bridgehead atoms. The van der Waals surface area contributed by atoms with Gasteiger partial charge in [-0.05, 0) is 106 Å². The molecule has 1 aliphatic rings. The lowest BCUT2D eigenvalue weighted by atomic mass is 9.87. The van der Waals surface area contributed by atoms with E-state index in [0.29, 0.717) is 122 Å². The van der Waals surface area contributed by atoms with Crippen LogP contribution in [-0.4, -0.2) is 159 Å². The van der Waals surface area contributed by atoms with Crippen LogP contribution in [0.4, 0.5) is 0 Å². The zero-order chi connectivity index (χ0) is 53.8. The number of ketones is 4. The number of nitrogens with zero attached hydrogens (tertiary/aromatic N) is 1. The number of phenolic OH excluding ortho intramolecular Hbond substituents is 1. The Labute approximate surface area is 440 Å². The van der Waals surface area contributed by atoms with Crippen molar-refractivity contribution in [3.8, 4) is 5.75 Å². The molecule has 12 N–H and O–H groups in total. The van der Waals surface area contributed by atoms with Crippen LogP contribution in [0, 0.1) is 17.8 Å². The number of nitrogens with one attached hydrogen (secondary N) is 5. The van der Waals surface area contributed by atoms with Crippen LogP contribution in [0.3, 0.4) is 0 Å². The fraction of sp³-hybridized carbons (Fsp3) is 0.706. The van der Waals surface area contributed by atoms with Gasteiger partial charge in [0.05, 0.1) is 62.5 Å². The smallest absolute Gasteiger partial charge is 0.239 e. The number of carbonyl (C=O) groups excluding carboxylic acids is 8. The maximum absolute atomic E-state index is 14.1. The number of unbranched alkanes of at least 4 members (excludes halogenated alkanes) is 1. The van der Waals surface area contributed by atoms with Gasteiger partial charge in [-0.15, -0.1) is 0 Å². The number of hydrogen-bond acceptors (Lipinski definition) is 16. The number of carbonyl (C=O) groups is 8. The lowest BCUT2D eigenvalue weighted by Gasteiger charge is -2.25. The number of aromatic hydroxyl groups is 1. The number of thioether (sulfide) groups is 2. The number of nitrogens with two attached hydrogens (primary N) is 3. The third kappa shape index (κ3) is 30.4. The van der Waals surface area contributed by atoms with Crippen molar-refractivity contribution in [2.24, 2.45) is 39.9 Å². The number of hydrogen-bond donors (Lipinski definition) is 9. The average molecular weight is 1060 g/mol. The van der Waals surface area contributed by atoms with Crippen molar-refractivity contribution < 1.29 is 52.9 Å². The Morgan fingerprint density at radius 2 is 1.63 bits per heavy atom. The maximum atomic E-state index is 14.1. The minimum Gasteiger partial charge on any atom is -0.508 e. The second-order valence-electron chi connectivity index (χ2n) is 18.6. The molecule has 0 aliphatic carbocycles. The molecule has 1 saturated heterocycles. The molecule has 6 atom stereocenters. The van der Waals surface area contributed by atoms with Crippen molar-refractivity contribution in [1.82, 2.24) is 26.6 Å². The van der Waals surface area contributed by atoms with Crippen LogP contribution in [0.2, 0.25) is 0 Å². The van der Waals surface area contributed by atoms with E-state index in [4.69, 9.17) is 26.7 Å². The topological polar surface area (TPSA) is 326 Å². The highest BCUT2D eigenvalue weighted by Gasteiger charge is 2.29. The molecule has 1 fully saturated rings. The van der Waals surface area contributed by atoms with Gasteiger partial charge in [-0.2, -0.15) is 23.5 Å². The largest absolute Gasteiger partial charge is 0.508 e. The first-order chi connectivity index (χ1) is 35.0. The maximum Gasteiger partial charge on any atom is 0.239 e. The first-order valence-electron chi connectivity index (χ1n) is 25.8. The fourth-order valence-corrected chi connectivity index (χ4v) is 9.41. The predicted octanol–water partition coefficient (Wildman–Crippen LogP) is 2.10. The monoisotopic (exact) mass is 1060 g/mol. The van der Waals surface area contributed by atoms with Crippen LogP contribution in [0.1, 0.15) is 109 Å². The second-order valence-corrected chi connectivity index (χ2v) is 20.6. The van der Waals surface area contributed by atoms with E-state index in [-0.39, 0.29) is 110 Å². The molecule has 2 rings (SSSR count). The van der Waals surface area contributed by atoms with Gasteiger partial charge in [-0.25, -0.2) is 0 Å². The molecule has 1 heterocycles. The highest BCUT2D eigenvalue weighted by molar-refractivity contribution is 8.00.